The van der Waals surface area contributed by atoms with Crippen LogP contribution in [0, 0.1) is 0 Å². The van der Waals surface area contributed by atoms with Crippen molar-refractivity contribution in [2.45, 2.75) is 44.2 Å². The number of nitrogens with one attached hydrogen (secondary N) is 1. The van der Waals surface area contributed by atoms with Crippen LogP contribution in [0.5, 0.6) is 0 Å². The minimum absolute atomic E-state index is 0.114. The maximum atomic E-state index is 11.5. The van der Waals surface area contributed by atoms with Gasteiger partial charge in [-0.25, -0.2) is 0 Å². The highest BCUT2D eigenvalue weighted by Crippen LogP contribution is 2.31. The molecule has 2 saturated heterocycles. The number of nitrogens with zero attached hydrogens (tertiary/aromatic N) is 1. The molecule has 2 fully saturated rings. The molecular weight excluding hydrogens is 236 g/mol. The Labute approximate surface area is 115 Å². The van der Waals surface area contributed by atoms with Crippen LogP contribution in [0.25, 0.3) is 0 Å². The summed E-state index contributed by atoms with van der Waals surface area (Å²) in [6, 6.07) is 10.7. The fourth-order valence-electron chi connectivity index (χ4n) is 3.40. The highest BCUT2D eigenvalue weighted by Gasteiger charge is 2.38. The number of rotatable bonds is 2. The first-order valence-electron chi connectivity index (χ1n) is 7.33. The molecule has 2 aliphatic rings. The summed E-state index contributed by atoms with van der Waals surface area (Å²) in [7, 11) is 0. The van der Waals surface area contributed by atoms with Gasteiger partial charge in [0.05, 0.1) is 0 Å². The third-order valence-electron chi connectivity index (χ3n) is 4.52. The van der Waals surface area contributed by atoms with Crippen LogP contribution >= 0.6 is 0 Å². The second-order valence-corrected chi connectivity index (χ2v) is 5.94. The molecule has 1 atom stereocenters. The Balaban J connectivity index is 1.60. The number of hydrogen-bond acceptors (Lipinski definition) is 2. The monoisotopic (exact) mass is 258 g/mol. The largest absolute Gasteiger partial charge is 0.351 e. The van der Waals surface area contributed by atoms with Crippen LogP contribution in [0.15, 0.2) is 30.3 Å². The van der Waals surface area contributed by atoms with E-state index in [-0.39, 0.29) is 11.4 Å². The van der Waals surface area contributed by atoms with Gasteiger partial charge in [-0.05, 0) is 37.8 Å². The SMILES string of the molecule is O=C1CCC2(CCCN(Cc3ccccc3)CC2)N1. The number of carbonyl (C=O) groups excluding carboxylic acids is 1. The third-order valence-corrected chi connectivity index (χ3v) is 4.52. The molecule has 1 aromatic rings. The Bertz CT molecular complexity index is 445. The van der Waals surface area contributed by atoms with Crippen molar-refractivity contribution in [2.24, 2.45) is 0 Å². The molecule has 3 rings (SSSR count). The molecule has 19 heavy (non-hydrogen) atoms. The van der Waals surface area contributed by atoms with Gasteiger partial charge in [0.25, 0.3) is 0 Å². The van der Waals surface area contributed by atoms with E-state index in [1.807, 2.05) is 0 Å². The number of benzene rings is 1. The normalized spacial score (nSPS) is 28.3. The number of likely N-dealkylation sites (tertiary alicyclic amines) is 1. The molecular formula is C16H22N2O. The molecule has 0 saturated carbocycles. The Morgan fingerprint density at radius 1 is 1.11 bits per heavy atom. The van der Waals surface area contributed by atoms with E-state index in [9.17, 15) is 4.79 Å². The highest BCUT2D eigenvalue weighted by molar-refractivity contribution is 5.79. The molecule has 0 aliphatic carbocycles. The molecule has 1 unspecified atom stereocenters. The van der Waals surface area contributed by atoms with Gasteiger partial charge < -0.3 is 5.32 Å². The summed E-state index contributed by atoms with van der Waals surface area (Å²) in [5.41, 5.74) is 1.50. The molecule has 1 aromatic carbocycles. The van der Waals surface area contributed by atoms with Crippen molar-refractivity contribution in [1.29, 1.82) is 0 Å². The lowest BCUT2D eigenvalue weighted by Gasteiger charge is -2.27. The molecule has 1 spiro atoms. The Hall–Kier alpha value is -1.35. The van der Waals surface area contributed by atoms with E-state index in [4.69, 9.17) is 0 Å². The van der Waals surface area contributed by atoms with E-state index in [0.29, 0.717) is 0 Å². The van der Waals surface area contributed by atoms with Crippen LogP contribution in [0.3, 0.4) is 0 Å². The Morgan fingerprint density at radius 3 is 2.68 bits per heavy atom. The van der Waals surface area contributed by atoms with Crippen molar-refractivity contribution >= 4 is 5.91 Å². The minimum Gasteiger partial charge on any atom is -0.351 e. The van der Waals surface area contributed by atoms with E-state index in [1.165, 1.54) is 12.0 Å². The summed E-state index contributed by atoms with van der Waals surface area (Å²) >= 11 is 0. The van der Waals surface area contributed by atoms with Crippen molar-refractivity contribution < 1.29 is 4.79 Å². The van der Waals surface area contributed by atoms with Gasteiger partial charge in [-0.15, -0.1) is 0 Å². The predicted molar refractivity (Wildman–Crippen MR) is 75.7 cm³/mol. The van der Waals surface area contributed by atoms with Gasteiger partial charge >= 0.3 is 0 Å². The molecule has 102 valence electrons. The summed E-state index contributed by atoms with van der Waals surface area (Å²) in [6.07, 6.45) is 5.19. The minimum atomic E-state index is 0.114. The van der Waals surface area contributed by atoms with Gasteiger partial charge in [0.15, 0.2) is 0 Å². The van der Waals surface area contributed by atoms with Crippen molar-refractivity contribution in [2.75, 3.05) is 13.1 Å². The summed E-state index contributed by atoms with van der Waals surface area (Å²) in [4.78, 5) is 14.0. The summed E-state index contributed by atoms with van der Waals surface area (Å²) in [6.45, 7) is 3.27. The predicted octanol–water partition coefficient (Wildman–Crippen LogP) is 2.32. The van der Waals surface area contributed by atoms with Crippen LogP contribution < -0.4 is 5.32 Å². The lowest BCUT2D eigenvalue weighted by molar-refractivity contribution is -0.119. The maximum absolute atomic E-state index is 11.5. The first-order chi connectivity index (χ1) is 9.26. The van der Waals surface area contributed by atoms with Gasteiger partial charge in [-0.1, -0.05) is 30.3 Å². The van der Waals surface area contributed by atoms with E-state index >= 15 is 0 Å². The molecule has 3 nitrogen and oxygen atoms in total. The number of amides is 1. The summed E-state index contributed by atoms with van der Waals surface area (Å²) in [5, 5.41) is 3.23. The first-order valence-corrected chi connectivity index (χ1v) is 7.33. The quantitative estimate of drug-likeness (QED) is 0.883. The molecule has 2 aliphatic heterocycles. The molecule has 1 amide bonds. The van der Waals surface area contributed by atoms with Crippen LogP contribution in [0.2, 0.25) is 0 Å². The lowest BCUT2D eigenvalue weighted by atomic mass is 9.89. The van der Waals surface area contributed by atoms with E-state index in [1.54, 1.807) is 0 Å². The topological polar surface area (TPSA) is 32.3 Å². The first kappa shape index (κ1) is 12.7. The standard InChI is InChI=1S/C16H22N2O/c19-15-7-9-16(17-15)8-4-11-18(12-10-16)13-14-5-2-1-3-6-14/h1-3,5-6H,4,7-13H2,(H,17,19). The van der Waals surface area contributed by atoms with Crippen molar-refractivity contribution in [1.82, 2.24) is 10.2 Å². The molecule has 3 heteroatoms. The summed E-state index contributed by atoms with van der Waals surface area (Å²) in [5.74, 6) is 0.247. The van der Waals surface area contributed by atoms with Crippen molar-refractivity contribution in [3.63, 3.8) is 0 Å². The van der Waals surface area contributed by atoms with Gasteiger partial charge in [-0.2, -0.15) is 0 Å². The summed E-state index contributed by atoms with van der Waals surface area (Å²) < 4.78 is 0. The van der Waals surface area contributed by atoms with Gasteiger partial charge in [0.2, 0.25) is 5.91 Å². The van der Waals surface area contributed by atoms with E-state index in [0.717, 1.165) is 45.3 Å². The fraction of sp³-hybridized carbons (Fsp3) is 0.562. The van der Waals surface area contributed by atoms with Crippen LogP contribution in [-0.4, -0.2) is 29.4 Å². The molecule has 0 bridgehead atoms. The zero-order valence-electron chi connectivity index (χ0n) is 11.4. The highest BCUT2D eigenvalue weighted by atomic mass is 16.2. The smallest absolute Gasteiger partial charge is 0.220 e. The second-order valence-electron chi connectivity index (χ2n) is 5.94. The van der Waals surface area contributed by atoms with Crippen molar-refractivity contribution in [3.05, 3.63) is 35.9 Å². The zero-order valence-corrected chi connectivity index (χ0v) is 11.4. The van der Waals surface area contributed by atoms with Crippen molar-refractivity contribution in [3.8, 4) is 0 Å². The molecule has 0 aromatic heterocycles. The second kappa shape index (κ2) is 5.33. The van der Waals surface area contributed by atoms with Gasteiger partial charge in [0, 0.05) is 25.0 Å². The van der Waals surface area contributed by atoms with Crippen LogP contribution in [-0.2, 0) is 11.3 Å². The van der Waals surface area contributed by atoms with Crippen LogP contribution in [0.1, 0.15) is 37.7 Å². The third kappa shape index (κ3) is 2.98. The maximum Gasteiger partial charge on any atom is 0.220 e. The average Bonchev–Trinajstić information content (AvgIpc) is 2.67. The zero-order chi connectivity index (χ0) is 13.1. The van der Waals surface area contributed by atoms with E-state index < -0.39 is 0 Å². The number of carbonyl (C=O) groups is 1. The lowest BCUT2D eigenvalue weighted by Crippen LogP contribution is -2.42. The molecule has 1 N–H and O–H groups in total. The molecule has 2 heterocycles. The fourth-order valence-corrected chi connectivity index (χ4v) is 3.40. The van der Waals surface area contributed by atoms with E-state index in [2.05, 4.69) is 40.5 Å². The average molecular weight is 258 g/mol. The Morgan fingerprint density at radius 2 is 1.95 bits per heavy atom. The number of hydrogen-bond donors (Lipinski definition) is 1. The Kier molecular flexibility index (Phi) is 3.56. The van der Waals surface area contributed by atoms with Crippen LogP contribution in [0.4, 0.5) is 0 Å². The molecule has 0 radical (unpaired) electrons. The van der Waals surface area contributed by atoms with Gasteiger partial charge in [0.1, 0.15) is 0 Å². The van der Waals surface area contributed by atoms with Gasteiger partial charge in [-0.3, -0.25) is 9.69 Å².